The Morgan fingerprint density at radius 2 is 0.820 bits per heavy atom. The number of carbonyl (C=O) groups excluding carboxylic acids is 2. The first kappa shape index (κ1) is 59.3. The zero-order valence-electron chi connectivity index (χ0n) is 41.1. The minimum atomic E-state index is -0.785. The van der Waals surface area contributed by atoms with Gasteiger partial charge in [0, 0.05) is 6.42 Å². The summed E-state index contributed by atoms with van der Waals surface area (Å²) in [5.74, 6) is -0.471. The summed E-state index contributed by atoms with van der Waals surface area (Å²) < 4.78 is 5.94. The molecule has 0 fully saturated rings. The lowest BCUT2D eigenvalue weighted by Gasteiger charge is -2.24. The SMILES string of the molecule is CCCCC/C=C/C=C/CCCCCCCCC(=O)OC(CCCCCCCCCCCCCCCC)CC(=O)NC(CO)C(O)CCCCCCCCCCCCCCC. The average Bonchev–Trinajstić information content (AvgIpc) is 3.25. The molecule has 3 atom stereocenters. The summed E-state index contributed by atoms with van der Waals surface area (Å²) in [6.45, 7) is 6.48. The van der Waals surface area contributed by atoms with E-state index in [1.807, 2.05) is 0 Å². The Morgan fingerprint density at radius 3 is 1.25 bits per heavy atom. The van der Waals surface area contributed by atoms with E-state index in [1.165, 1.54) is 193 Å². The minimum absolute atomic E-state index is 0.0786. The van der Waals surface area contributed by atoms with Crippen LogP contribution in [0, 0.1) is 0 Å². The summed E-state index contributed by atoms with van der Waals surface area (Å²) in [6, 6.07) is -0.699. The molecule has 0 saturated carbocycles. The van der Waals surface area contributed by atoms with Gasteiger partial charge in [-0.15, -0.1) is 0 Å². The molecule has 0 saturated heterocycles. The smallest absolute Gasteiger partial charge is 0.306 e. The Balaban J connectivity index is 4.55. The third-order valence-electron chi connectivity index (χ3n) is 12.6. The molecule has 3 unspecified atom stereocenters. The zero-order chi connectivity index (χ0) is 44.5. The predicted octanol–water partition coefficient (Wildman–Crippen LogP) is 16.3. The summed E-state index contributed by atoms with van der Waals surface area (Å²) in [5.41, 5.74) is 0. The minimum Gasteiger partial charge on any atom is -0.462 e. The van der Waals surface area contributed by atoms with Gasteiger partial charge in [-0.05, 0) is 51.4 Å². The number of amides is 1. The lowest BCUT2D eigenvalue weighted by atomic mass is 10.0. The lowest BCUT2D eigenvalue weighted by molar-refractivity contribution is -0.151. The van der Waals surface area contributed by atoms with Crippen molar-refractivity contribution in [1.29, 1.82) is 0 Å². The second kappa shape index (κ2) is 49.4. The van der Waals surface area contributed by atoms with Gasteiger partial charge >= 0.3 is 5.97 Å². The van der Waals surface area contributed by atoms with E-state index in [0.29, 0.717) is 19.3 Å². The maximum absolute atomic E-state index is 13.2. The molecule has 0 aromatic rings. The van der Waals surface area contributed by atoms with Gasteiger partial charge in [-0.2, -0.15) is 0 Å². The van der Waals surface area contributed by atoms with E-state index < -0.39 is 18.2 Å². The molecule has 61 heavy (non-hydrogen) atoms. The van der Waals surface area contributed by atoms with Crippen LogP contribution in [-0.4, -0.2) is 46.9 Å². The molecule has 0 radical (unpaired) electrons. The lowest BCUT2D eigenvalue weighted by Crippen LogP contribution is -2.46. The van der Waals surface area contributed by atoms with Crippen molar-refractivity contribution in [2.45, 2.75) is 309 Å². The van der Waals surface area contributed by atoms with E-state index in [2.05, 4.69) is 50.4 Å². The van der Waals surface area contributed by atoms with Crippen LogP contribution in [0.2, 0.25) is 0 Å². The summed E-state index contributed by atoms with van der Waals surface area (Å²) in [4.78, 5) is 26.2. The maximum atomic E-state index is 13.2. The van der Waals surface area contributed by atoms with Crippen LogP contribution in [0.25, 0.3) is 0 Å². The number of hydrogen-bond acceptors (Lipinski definition) is 5. The van der Waals surface area contributed by atoms with Crippen molar-refractivity contribution in [3.05, 3.63) is 24.3 Å². The van der Waals surface area contributed by atoms with Crippen LogP contribution in [0.5, 0.6) is 0 Å². The van der Waals surface area contributed by atoms with Crippen LogP contribution in [0.1, 0.15) is 290 Å². The number of unbranched alkanes of at least 4 members (excludes halogenated alkanes) is 34. The van der Waals surface area contributed by atoms with Crippen molar-refractivity contribution < 1.29 is 24.5 Å². The molecule has 0 bridgehead atoms. The number of ether oxygens (including phenoxy) is 1. The van der Waals surface area contributed by atoms with Crippen molar-refractivity contribution in [2.24, 2.45) is 0 Å². The van der Waals surface area contributed by atoms with Crippen molar-refractivity contribution >= 4 is 11.9 Å². The van der Waals surface area contributed by atoms with Gasteiger partial charge < -0.3 is 20.3 Å². The van der Waals surface area contributed by atoms with Gasteiger partial charge in [0.25, 0.3) is 0 Å². The second-order valence-electron chi connectivity index (χ2n) is 18.7. The van der Waals surface area contributed by atoms with E-state index in [4.69, 9.17) is 4.74 Å². The fourth-order valence-corrected chi connectivity index (χ4v) is 8.42. The molecule has 0 aromatic heterocycles. The molecule has 0 aliphatic heterocycles. The van der Waals surface area contributed by atoms with Crippen LogP contribution in [0.4, 0.5) is 0 Å². The van der Waals surface area contributed by atoms with E-state index in [-0.39, 0.29) is 24.9 Å². The zero-order valence-corrected chi connectivity index (χ0v) is 41.1. The normalized spacial score (nSPS) is 13.3. The quantitative estimate of drug-likeness (QED) is 0.0322. The molecule has 0 rings (SSSR count). The molecule has 0 aliphatic rings. The van der Waals surface area contributed by atoms with Crippen molar-refractivity contribution in [3.63, 3.8) is 0 Å². The molecule has 360 valence electrons. The molecule has 0 aromatic carbocycles. The molecular weight excluding hydrogens is 755 g/mol. The number of carbonyl (C=O) groups is 2. The third kappa shape index (κ3) is 44.7. The third-order valence-corrected chi connectivity index (χ3v) is 12.6. The first-order chi connectivity index (χ1) is 30.0. The fraction of sp³-hybridized carbons (Fsp3) is 0.891. The number of nitrogens with one attached hydrogen (secondary N) is 1. The van der Waals surface area contributed by atoms with Crippen LogP contribution in [-0.2, 0) is 14.3 Å². The monoisotopic (exact) mass is 860 g/mol. The Bertz CT molecular complexity index is 966. The Morgan fingerprint density at radius 1 is 0.475 bits per heavy atom. The summed E-state index contributed by atoms with van der Waals surface area (Å²) in [7, 11) is 0. The molecule has 3 N–H and O–H groups in total. The highest BCUT2D eigenvalue weighted by molar-refractivity contribution is 5.77. The molecule has 1 amide bonds. The predicted molar refractivity (Wildman–Crippen MR) is 264 cm³/mol. The average molecular weight is 860 g/mol. The van der Waals surface area contributed by atoms with Crippen molar-refractivity contribution in [1.82, 2.24) is 5.32 Å². The highest BCUT2D eigenvalue weighted by atomic mass is 16.5. The highest BCUT2D eigenvalue weighted by Gasteiger charge is 2.24. The first-order valence-corrected chi connectivity index (χ1v) is 27.1. The summed E-state index contributed by atoms with van der Waals surface area (Å²) in [6.07, 6.45) is 56.6. The summed E-state index contributed by atoms with van der Waals surface area (Å²) >= 11 is 0. The van der Waals surface area contributed by atoms with Gasteiger partial charge in [-0.25, -0.2) is 0 Å². The largest absolute Gasteiger partial charge is 0.462 e. The van der Waals surface area contributed by atoms with Gasteiger partial charge in [0.1, 0.15) is 6.10 Å². The first-order valence-electron chi connectivity index (χ1n) is 27.1. The molecule has 0 aliphatic carbocycles. The molecule has 6 heteroatoms. The van der Waals surface area contributed by atoms with Crippen molar-refractivity contribution in [2.75, 3.05) is 6.61 Å². The summed E-state index contributed by atoms with van der Waals surface area (Å²) in [5, 5.41) is 23.8. The number of aliphatic hydroxyl groups is 2. The van der Waals surface area contributed by atoms with Crippen molar-refractivity contribution in [3.8, 4) is 0 Å². The second-order valence-corrected chi connectivity index (χ2v) is 18.7. The number of esters is 1. The van der Waals surface area contributed by atoms with Crippen LogP contribution >= 0.6 is 0 Å². The van der Waals surface area contributed by atoms with E-state index in [1.54, 1.807) is 0 Å². The molecule has 0 spiro atoms. The Hall–Kier alpha value is -1.66. The molecule has 0 heterocycles. The number of rotatable bonds is 49. The van der Waals surface area contributed by atoms with E-state index in [9.17, 15) is 19.8 Å². The van der Waals surface area contributed by atoms with E-state index in [0.717, 1.165) is 51.4 Å². The van der Waals surface area contributed by atoms with Crippen LogP contribution in [0.15, 0.2) is 24.3 Å². The standard InChI is InChI=1S/C55H105NO5/c1-4-7-10-13-16-19-22-25-27-30-33-36-39-42-45-48-55(60)61-51(46-43-40-37-34-31-29-26-23-20-17-14-11-8-5-2)49-54(59)56-52(50-57)53(58)47-44-41-38-35-32-28-24-21-18-15-12-9-6-3/h16,19,22,25,51-53,57-58H,4-15,17-18,20-21,23-24,26-50H2,1-3H3,(H,56,59)/b19-16+,25-22+. The molecular formula is C55H105NO5. The molecule has 6 nitrogen and oxygen atoms in total. The van der Waals surface area contributed by atoms with Gasteiger partial charge in [0.15, 0.2) is 0 Å². The van der Waals surface area contributed by atoms with Gasteiger partial charge in [-0.3, -0.25) is 9.59 Å². The maximum Gasteiger partial charge on any atom is 0.306 e. The van der Waals surface area contributed by atoms with Gasteiger partial charge in [0.05, 0.1) is 25.2 Å². The topological polar surface area (TPSA) is 95.9 Å². The number of aliphatic hydroxyl groups excluding tert-OH is 2. The van der Waals surface area contributed by atoms with Gasteiger partial charge in [0.2, 0.25) is 5.91 Å². The van der Waals surface area contributed by atoms with Gasteiger partial charge in [-0.1, -0.05) is 251 Å². The number of hydrogen-bond donors (Lipinski definition) is 3. The number of allylic oxidation sites excluding steroid dienone is 4. The Kier molecular flexibility index (Phi) is 48.0. The van der Waals surface area contributed by atoms with E-state index >= 15 is 0 Å². The van der Waals surface area contributed by atoms with Crippen LogP contribution in [0.3, 0.4) is 0 Å². The van der Waals surface area contributed by atoms with Crippen LogP contribution < -0.4 is 5.32 Å². The highest BCUT2D eigenvalue weighted by Crippen LogP contribution is 2.19. The fourth-order valence-electron chi connectivity index (χ4n) is 8.42. The Labute approximate surface area is 380 Å².